The monoisotopic (exact) mass is 569 g/mol. The van der Waals surface area contributed by atoms with Crippen molar-refractivity contribution in [3.63, 3.8) is 0 Å². The van der Waals surface area contributed by atoms with Gasteiger partial charge in [-0.05, 0) is 36.8 Å². The van der Waals surface area contributed by atoms with Crippen LogP contribution in [0.25, 0.3) is 0 Å². The lowest BCUT2D eigenvalue weighted by Crippen LogP contribution is -2.47. The Kier molecular flexibility index (Phi) is 11.6. The van der Waals surface area contributed by atoms with Gasteiger partial charge < -0.3 is 20.7 Å². The third-order valence-electron chi connectivity index (χ3n) is 5.41. The Balaban J connectivity index is 0.00000385. The van der Waals surface area contributed by atoms with Gasteiger partial charge in [-0.15, -0.1) is 24.0 Å². The molecule has 0 spiro atoms. The van der Waals surface area contributed by atoms with Crippen LogP contribution in [0.15, 0.2) is 53.5 Å². The van der Waals surface area contributed by atoms with Crippen molar-refractivity contribution in [1.82, 2.24) is 20.9 Å². The van der Waals surface area contributed by atoms with E-state index in [-0.39, 0.29) is 41.7 Å². The number of aryl methyl sites for hydroxylation is 1. The molecule has 1 atom stereocenters. The van der Waals surface area contributed by atoms with Crippen molar-refractivity contribution in [1.29, 1.82) is 0 Å². The number of hydrogen-bond acceptors (Lipinski definition) is 4. The first-order valence-electron chi connectivity index (χ1n) is 10.9. The molecule has 0 bridgehead atoms. The molecule has 1 aliphatic rings. The molecule has 9 heteroatoms. The lowest BCUT2D eigenvalue weighted by Gasteiger charge is -2.35. The molecule has 1 unspecified atom stereocenters. The maximum atomic E-state index is 13.4. The standard InChI is InChI=1S/C24H32FN5O2.HI/c1-18-4-3-5-20(16-18)23(31)27-10-11-28-24(26-2)29-17-22(30-12-14-32-15-13-30)19-6-8-21(25)9-7-19;/h3-9,16,22H,10-15,17H2,1-2H3,(H,27,31)(H2,26,28,29);1H. The second-order valence-electron chi connectivity index (χ2n) is 7.72. The van der Waals surface area contributed by atoms with Gasteiger partial charge in [-0.3, -0.25) is 14.7 Å². The molecule has 1 fully saturated rings. The van der Waals surface area contributed by atoms with Gasteiger partial charge in [0.1, 0.15) is 5.82 Å². The molecule has 3 rings (SSSR count). The van der Waals surface area contributed by atoms with Crippen LogP contribution in [0.5, 0.6) is 0 Å². The number of carbonyl (C=O) groups is 1. The Morgan fingerprint density at radius 1 is 1.09 bits per heavy atom. The van der Waals surface area contributed by atoms with Gasteiger partial charge in [0.2, 0.25) is 0 Å². The van der Waals surface area contributed by atoms with Gasteiger partial charge in [0.05, 0.1) is 19.3 Å². The largest absolute Gasteiger partial charge is 0.379 e. The molecule has 3 N–H and O–H groups in total. The number of ether oxygens (including phenoxy) is 1. The van der Waals surface area contributed by atoms with Gasteiger partial charge in [0.25, 0.3) is 5.91 Å². The Labute approximate surface area is 212 Å². The average Bonchev–Trinajstić information content (AvgIpc) is 2.82. The number of benzene rings is 2. The summed E-state index contributed by atoms with van der Waals surface area (Å²) in [6.07, 6.45) is 0. The molecule has 7 nitrogen and oxygen atoms in total. The summed E-state index contributed by atoms with van der Waals surface area (Å²) < 4.78 is 18.9. The van der Waals surface area contributed by atoms with E-state index in [4.69, 9.17) is 4.74 Å². The van der Waals surface area contributed by atoms with Crippen LogP contribution in [-0.2, 0) is 4.74 Å². The smallest absolute Gasteiger partial charge is 0.251 e. The molecule has 1 heterocycles. The van der Waals surface area contributed by atoms with Crippen molar-refractivity contribution in [3.8, 4) is 0 Å². The van der Waals surface area contributed by atoms with Crippen molar-refractivity contribution in [2.45, 2.75) is 13.0 Å². The molecular weight excluding hydrogens is 536 g/mol. The van der Waals surface area contributed by atoms with E-state index in [2.05, 4.69) is 25.8 Å². The van der Waals surface area contributed by atoms with Gasteiger partial charge in [0.15, 0.2) is 5.96 Å². The lowest BCUT2D eigenvalue weighted by molar-refractivity contribution is 0.0170. The highest BCUT2D eigenvalue weighted by molar-refractivity contribution is 14.0. The molecule has 180 valence electrons. The number of hydrogen-bond donors (Lipinski definition) is 3. The fourth-order valence-corrected chi connectivity index (χ4v) is 3.69. The topological polar surface area (TPSA) is 78.0 Å². The Bertz CT molecular complexity index is 904. The predicted molar refractivity (Wildman–Crippen MR) is 140 cm³/mol. The van der Waals surface area contributed by atoms with Crippen molar-refractivity contribution >= 4 is 35.8 Å². The van der Waals surface area contributed by atoms with E-state index in [0.29, 0.717) is 44.4 Å². The summed E-state index contributed by atoms with van der Waals surface area (Å²) >= 11 is 0. The first-order chi connectivity index (χ1) is 15.6. The first kappa shape index (κ1) is 27.0. The van der Waals surface area contributed by atoms with E-state index >= 15 is 0 Å². The molecule has 1 amide bonds. The molecule has 0 radical (unpaired) electrons. The van der Waals surface area contributed by atoms with Crippen LogP contribution in [0.4, 0.5) is 4.39 Å². The van der Waals surface area contributed by atoms with Gasteiger partial charge in [-0.25, -0.2) is 4.39 Å². The number of rotatable bonds is 8. The highest BCUT2D eigenvalue weighted by atomic mass is 127. The van der Waals surface area contributed by atoms with Crippen molar-refractivity contribution in [2.24, 2.45) is 4.99 Å². The number of halogens is 2. The first-order valence-corrected chi connectivity index (χ1v) is 10.9. The third kappa shape index (κ3) is 8.56. The molecule has 0 aromatic heterocycles. The highest BCUT2D eigenvalue weighted by Crippen LogP contribution is 2.21. The number of nitrogens with zero attached hydrogens (tertiary/aromatic N) is 2. The van der Waals surface area contributed by atoms with Crippen LogP contribution in [0.1, 0.15) is 27.5 Å². The van der Waals surface area contributed by atoms with E-state index in [1.807, 2.05) is 37.3 Å². The number of amides is 1. The van der Waals surface area contributed by atoms with Gasteiger partial charge in [-0.1, -0.05) is 29.8 Å². The van der Waals surface area contributed by atoms with E-state index < -0.39 is 0 Å². The number of carbonyl (C=O) groups excluding carboxylic acids is 1. The van der Waals surface area contributed by atoms with Crippen molar-refractivity contribution in [3.05, 3.63) is 71.0 Å². The average molecular weight is 569 g/mol. The minimum absolute atomic E-state index is 0. The molecule has 0 saturated carbocycles. The third-order valence-corrected chi connectivity index (χ3v) is 5.41. The highest BCUT2D eigenvalue weighted by Gasteiger charge is 2.23. The van der Waals surface area contributed by atoms with E-state index in [9.17, 15) is 9.18 Å². The molecule has 33 heavy (non-hydrogen) atoms. The van der Waals surface area contributed by atoms with E-state index in [0.717, 1.165) is 24.2 Å². The summed E-state index contributed by atoms with van der Waals surface area (Å²) in [5, 5.41) is 9.50. The molecule has 2 aromatic rings. The van der Waals surface area contributed by atoms with Gasteiger partial charge in [0, 0.05) is 45.3 Å². The van der Waals surface area contributed by atoms with Crippen LogP contribution in [-0.4, -0.2) is 69.8 Å². The quantitative estimate of drug-likeness (QED) is 0.197. The fourth-order valence-electron chi connectivity index (χ4n) is 3.69. The Morgan fingerprint density at radius 3 is 2.45 bits per heavy atom. The lowest BCUT2D eigenvalue weighted by atomic mass is 10.0. The Morgan fingerprint density at radius 2 is 1.79 bits per heavy atom. The van der Waals surface area contributed by atoms with Crippen LogP contribution in [0, 0.1) is 12.7 Å². The number of nitrogens with one attached hydrogen (secondary N) is 3. The van der Waals surface area contributed by atoms with Crippen LogP contribution >= 0.6 is 24.0 Å². The summed E-state index contributed by atoms with van der Waals surface area (Å²) in [4.78, 5) is 18.9. The molecular formula is C24H33FIN5O2. The summed E-state index contributed by atoms with van der Waals surface area (Å²) in [7, 11) is 1.71. The zero-order valence-corrected chi connectivity index (χ0v) is 21.5. The van der Waals surface area contributed by atoms with Gasteiger partial charge in [-0.2, -0.15) is 0 Å². The summed E-state index contributed by atoms with van der Waals surface area (Å²) in [5.74, 6) is 0.310. The molecule has 1 saturated heterocycles. The number of guanidine groups is 1. The summed E-state index contributed by atoms with van der Waals surface area (Å²) in [6.45, 7) is 6.59. The van der Waals surface area contributed by atoms with Crippen LogP contribution in [0.2, 0.25) is 0 Å². The second kappa shape index (κ2) is 14.1. The minimum Gasteiger partial charge on any atom is -0.379 e. The fraction of sp³-hybridized carbons (Fsp3) is 0.417. The second-order valence-corrected chi connectivity index (χ2v) is 7.72. The van der Waals surface area contributed by atoms with Gasteiger partial charge >= 0.3 is 0 Å². The zero-order chi connectivity index (χ0) is 22.8. The van der Waals surface area contributed by atoms with Crippen LogP contribution < -0.4 is 16.0 Å². The SMILES string of the molecule is CN=C(NCCNC(=O)c1cccc(C)c1)NCC(c1ccc(F)cc1)N1CCOCC1.I. The number of aliphatic imine (C=N–C) groups is 1. The van der Waals surface area contributed by atoms with E-state index in [1.54, 1.807) is 13.1 Å². The molecule has 1 aliphatic heterocycles. The maximum absolute atomic E-state index is 13.4. The normalized spacial score (nSPS) is 15.3. The summed E-state index contributed by atoms with van der Waals surface area (Å²) in [6, 6.07) is 14.2. The van der Waals surface area contributed by atoms with Crippen LogP contribution in [0.3, 0.4) is 0 Å². The van der Waals surface area contributed by atoms with Crippen molar-refractivity contribution in [2.75, 3.05) is 53.0 Å². The number of morpholine rings is 1. The Hall–Kier alpha value is -2.24. The molecule has 2 aromatic carbocycles. The maximum Gasteiger partial charge on any atom is 0.251 e. The van der Waals surface area contributed by atoms with Crippen molar-refractivity contribution < 1.29 is 13.9 Å². The summed E-state index contributed by atoms with van der Waals surface area (Å²) in [5.41, 5.74) is 2.75. The minimum atomic E-state index is -0.243. The predicted octanol–water partition coefficient (Wildman–Crippen LogP) is 2.72. The van der Waals surface area contributed by atoms with E-state index in [1.165, 1.54) is 12.1 Å². The molecule has 0 aliphatic carbocycles. The zero-order valence-electron chi connectivity index (χ0n) is 19.1.